The Balaban J connectivity index is -0.000000120. The number of hydrogen-bond donors (Lipinski definition) is 0. The van der Waals surface area contributed by atoms with Crippen LogP contribution < -0.4 is 24.8 Å². The van der Waals surface area contributed by atoms with E-state index < -0.39 is 0 Å². The van der Waals surface area contributed by atoms with Crippen LogP contribution >= 0.6 is 0 Å². The molecule has 9 heavy (non-hydrogen) atoms. The Kier molecular flexibility index (Phi) is 17.1. The summed E-state index contributed by atoms with van der Waals surface area (Å²) in [6, 6.07) is 3.82. The Morgan fingerprint density at radius 3 is 2.00 bits per heavy atom. The van der Waals surface area contributed by atoms with Crippen LogP contribution in [0.15, 0.2) is 18.3 Å². The summed E-state index contributed by atoms with van der Waals surface area (Å²) in [4.78, 5) is 0. The number of aromatic nitrogens is 1. The molecule has 1 heterocycles. The molecule has 0 atom stereocenters. The van der Waals surface area contributed by atoms with Crippen LogP contribution in [0, 0.1) is 47.9 Å². The average molecular weight is 291 g/mol. The van der Waals surface area contributed by atoms with Crippen molar-refractivity contribution in [3.05, 3.63) is 24.5 Å². The third-order valence-corrected chi connectivity index (χ3v) is 0.684. The smallest absolute Gasteiger partial charge is 1.00 e. The molecule has 0 aromatic carbocycles. The van der Waals surface area contributed by atoms with Crippen LogP contribution in [0.4, 0.5) is 0 Å². The molecular formula is C5H6CeCl2N. The van der Waals surface area contributed by atoms with Crippen LogP contribution in [-0.2, 0) is 7.05 Å². The van der Waals surface area contributed by atoms with E-state index in [9.17, 15) is 0 Å². The van der Waals surface area contributed by atoms with Crippen LogP contribution in [-0.4, -0.2) is 4.57 Å². The second-order valence-electron chi connectivity index (χ2n) is 1.25. The summed E-state index contributed by atoms with van der Waals surface area (Å²) in [7, 11) is 1.94. The Morgan fingerprint density at radius 2 is 1.89 bits per heavy atom. The van der Waals surface area contributed by atoms with E-state index in [4.69, 9.17) is 0 Å². The van der Waals surface area contributed by atoms with E-state index in [0.29, 0.717) is 0 Å². The van der Waals surface area contributed by atoms with E-state index in [1.807, 2.05) is 29.9 Å². The number of rotatable bonds is 0. The van der Waals surface area contributed by atoms with Crippen molar-refractivity contribution >= 4 is 0 Å². The first-order valence-corrected chi connectivity index (χ1v) is 1.88. The summed E-state index contributed by atoms with van der Waals surface area (Å²) in [6.07, 6.45) is 4.86. The molecule has 0 bridgehead atoms. The van der Waals surface area contributed by atoms with E-state index in [1.165, 1.54) is 0 Å². The normalized spacial score (nSPS) is 5.89. The monoisotopic (exact) mass is 290 g/mol. The molecule has 0 aliphatic rings. The molecule has 49 valence electrons. The fourth-order valence-corrected chi connectivity index (χ4v) is 0.376. The molecule has 1 radical (unpaired) electrons. The molecule has 0 aliphatic heterocycles. The van der Waals surface area contributed by atoms with Crippen LogP contribution in [0.1, 0.15) is 0 Å². The van der Waals surface area contributed by atoms with Gasteiger partial charge in [0, 0.05) is 0 Å². The maximum Gasteiger partial charge on any atom is 3.00 e. The minimum atomic E-state index is 0. The molecule has 0 saturated heterocycles. The van der Waals surface area contributed by atoms with Gasteiger partial charge in [0.1, 0.15) is 0 Å². The van der Waals surface area contributed by atoms with Crippen molar-refractivity contribution in [1.29, 1.82) is 0 Å². The van der Waals surface area contributed by atoms with E-state index in [2.05, 4.69) is 6.20 Å². The molecule has 0 amide bonds. The second kappa shape index (κ2) is 9.24. The number of hydrogen-bond acceptors (Lipinski definition) is 0. The third-order valence-electron chi connectivity index (χ3n) is 0.684. The van der Waals surface area contributed by atoms with Crippen LogP contribution in [0.3, 0.4) is 0 Å². The van der Waals surface area contributed by atoms with Gasteiger partial charge in [0.2, 0.25) is 0 Å². The predicted octanol–water partition coefficient (Wildman–Crippen LogP) is -5.17. The zero-order valence-electron chi connectivity index (χ0n) is 4.94. The fourth-order valence-electron chi connectivity index (χ4n) is 0.376. The third kappa shape index (κ3) is 7.13. The molecule has 4 heteroatoms. The van der Waals surface area contributed by atoms with E-state index in [-0.39, 0.29) is 66.6 Å². The quantitative estimate of drug-likeness (QED) is 0.421. The van der Waals surface area contributed by atoms with Gasteiger partial charge >= 0.3 is 41.7 Å². The summed E-state index contributed by atoms with van der Waals surface area (Å²) in [5.74, 6) is 0. The van der Waals surface area contributed by atoms with E-state index in [1.54, 1.807) is 0 Å². The first-order valence-electron chi connectivity index (χ1n) is 1.88. The fraction of sp³-hybridized carbons (Fsp3) is 0.200. The number of aryl methyl sites for hydroxylation is 1. The van der Waals surface area contributed by atoms with Gasteiger partial charge in [-0.2, -0.15) is 12.1 Å². The van der Waals surface area contributed by atoms with Gasteiger partial charge in [-0.15, -0.1) is 12.4 Å². The summed E-state index contributed by atoms with van der Waals surface area (Å²) in [6.45, 7) is 0. The standard InChI is InChI=1S/C5H6N.Ce.2ClH/c1-6-4-2-3-5-6;;;/h2-4H,1H3;;2*1H/q-1;+3;;/p-2. The van der Waals surface area contributed by atoms with Crippen molar-refractivity contribution in [2.45, 2.75) is 0 Å². The maximum atomic E-state index is 2.92. The van der Waals surface area contributed by atoms with Crippen molar-refractivity contribution in [2.24, 2.45) is 7.05 Å². The zero-order valence-corrected chi connectivity index (χ0v) is 9.59. The maximum absolute atomic E-state index is 2.92. The summed E-state index contributed by atoms with van der Waals surface area (Å²) >= 11 is 0. The molecule has 0 fully saturated rings. The Bertz CT molecular complexity index is 119. The Labute approximate surface area is 101 Å². The van der Waals surface area contributed by atoms with Gasteiger partial charge in [-0.05, 0) is 7.05 Å². The molecule has 0 N–H and O–H groups in total. The molecule has 0 spiro atoms. The van der Waals surface area contributed by atoms with Gasteiger partial charge in [-0.3, -0.25) is 0 Å². The SMILES string of the molecule is Cn1[c-]ccc1.[Ce+3].[Cl-].[Cl-]. The van der Waals surface area contributed by atoms with E-state index in [0.717, 1.165) is 0 Å². The molecular weight excluding hydrogens is 285 g/mol. The van der Waals surface area contributed by atoms with Crippen LogP contribution in [0.25, 0.3) is 0 Å². The largest absolute Gasteiger partial charge is 3.00 e. The first kappa shape index (κ1) is 16.7. The Morgan fingerprint density at radius 1 is 1.33 bits per heavy atom. The van der Waals surface area contributed by atoms with Gasteiger partial charge in [-0.25, -0.2) is 0 Å². The molecule has 0 saturated carbocycles. The Hall–Kier alpha value is 1.24. The average Bonchev–Trinajstić information content (AvgIpc) is 1.86. The second-order valence-corrected chi connectivity index (χ2v) is 1.25. The van der Waals surface area contributed by atoms with Crippen molar-refractivity contribution in [3.63, 3.8) is 0 Å². The number of nitrogens with zero attached hydrogens (tertiary/aromatic N) is 1. The van der Waals surface area contributed by atoms with Crippen LogP contribution in [0.2, 0.25) is 0 Å². The van der Waals surface area contributed by atoms with Gasteiger partial charge in [-0.1, -0.05) is 0 Å². The zero-order chi connectivity index (χ0) is 4.41. The minimum absolute atomic E-state index is 0. The number of halogens is 2. The van der Waals surface area contributed by atoms with Gasteiger partial charge < -0.3 is 29.4 Å². The summed E-state index contributed by atoms with van der Waals surface area (Å²) < 4.78 is 1.88. The molecule has 1 aromatic heterocycles. The molecule has 1 nitrogen and oxygen atoms in total. The van der Waals surface area contributed by atoms with Crippen molar-refractivity contribution in [2.75, 3.05) is 0 Å². The van der Waals surface area contributed by atoms with Gasteiger partial charge in [0.25, 0.3) is 0 Å². The van der Waals surface area contributed by atoms with Gasteiger partial charge in [0.05, 0.1) is 0 Å². The van der Waals surface area contributed by atoms with E-state index >= 15 is 0 Å². The van der Waals surface area contributed by atoms with Crippen molar-refractivity contribution < 1.29 is 66.6 Å². The van der Waals surface area contributed by atoms with Crippen molar-refractivity contribution in [3.8, 4) is 0 Å². The molecule has 1 aromatic rings. The summed E-state index contributed by atoms with van der Waals surface area (Å²) in [5.41, 5.74) is 0. The molecule has 0 aliphatic carbocycles. The van der Waals surface area contributed by atoms with Crippen LogP contribution in [0.5, 0.6) is 0 Å². The molecule has 1 rings (SSSR count). The first-order chi connectivity index (χ1) is 2.89. The minimum Gasteiger partial charge on any atom is -1.00 e. The van der Waals surface area contributed by atoms with Gasteiger partial charge in [0.15, 0.2) is 0 Å². The topological polar surface area (TPSA) is 4.93 Å². The summed E-state index contributed by atoms with van der Waals surface area (Å²) in [5, 5.41) is 0. The predicted molar refractivity (Wildman–Crippen MR) is 24.2 cm³/mol. The molecule has 0 unspecified atom stereocenters. The van der Waals surface area contributed by atoms with Crippen molar-refractivity contribution in [1.82, 2.24) is 4.57 Å².